The highest BCUT2D eigenvalue weighted by molar-refractivity contribution is 7.89. The second-order valence-electron chi connectivity index (χ2n) is 5.88. The highest BCUT2D eigenvalue weighted by Gasteiger charge is 2.10. The van der Waals surface area contributed by atoms with Crippen LogP contribution < -0.4 is 15.8 Å². The van der Waals surface area contributed by atoms with E-state index in [-0.39, 0.29) is 23.1 Å². The molecule has 0 bridgehead atoms. The number of primary sulfonamides is 1. The lowest BCUT2D eigenvalue weighted by atomic mass is 10.1. The molecule has 0 fully saturated rings. The number of rotatable bonds is 7. The van der Waals surface area contributed by atoms with Crippen LogP contribution in [0.15, 0.2) is 53.4 Å². The third-order valence-electron chi connectivity index (χ3n) is 3.61. The number of nitrogens with two attached hydrogens (primary N) is 1. The van der Waals surface area contributed by atoms with Crippen molar-refractivity contribution >= 4 is 27.5 Å². The molecular formula is C18H21N3O4S. The summed E-state index contributed by atoms with van der Waals surface area (Å²) in [7, 11) is -3.71. The minimum atomic E-state index is -3.71. The van der Waals surface area contributed by atoms with Crippen molar-refractivity contribution in [1.29, 1.82) is 0 Å². The number of amides is 2. The molecule has 0 aliphatic carbocycles. The molecule has 0 saturated heterocycles. The van der Waals surface area contributed by atoms with Crippen molar-refractivity contribution < 1.29 is 18.0 Å². The summed E-state index contributed by atoms with van der Waals surface area (Å²) in [5.74, 6) is -0.762. The molecule has 4 N–H and O–H groups in total. The number of aryl methyl sites for hydroxylation is 1. The van der Waals surface area contributed by atoms with Gasteiger partial charge in [-0.15, -0.1) is 0 Å². The highest BCUT2D eigenvalue weighted by atomic mass is 32.2. The summed E-state index contributed by atoms with van der Waals surface area (Å²) in [6.07, 6.45) is 0.244. The van der Waals surface area contributed by atoms with Crippen molar-refractivity contribution in [2.24, 2.45) is 5.14 Å². The van der Waals surface area contributed by atoms with Crippen molar-refractivity contribution in [2.45, 2.75) is 24.7 Å². The molecule has 8 heteroatoms. The number of benzene rings is 2. The van der Waals surface area contributed by atoms with E-state index in [0.29, 0.717) is 18.7 Å². The van der Waals surface area contributed by atoms with Gasteiger partial charge in [-0.05, 0) is 48.7 Å². The largest absolute Gasteiger partial charge is 0.355 e. The van der Waals surface area contributed by atoms with Gasteiger partial charge in [0, 0.05) is 12.2 Å². The number of carbonyl (C=O) groups is 2. The second-order valence-corrected chi connectivity index (χ2v) is 7.44. The van der Waals surface area contributed by atoms with Crippen LogP contribution in [0.25, 0.3) is 0 Å². The summed E-state index contributed by atoms with van der Waals surface area (Å²) >= 11 is 0. The first-order valence-corrected chi connectivity index (χ1v) is 9.53. The third-order valence-corrected chi connectivity index (χ3v) is 4.54. The van der Waals surface area contributed by atoms with E-state index in [2.05, 4.69) is 10.6 Å². The molecule has 0 spiro atoms. The Morgan fingerprint density at radius 1 is 1.04 bits per heavy atom. The molecule has 2 rings (SSSR count). The molecule has 2 amide bonds. The zero-order chi connectivity index (χ0) is 19.2. The molecule has 0 aliphatic rings. The van der Waals surface area contributed by atoms with Crippen LogP contribution in [-0.2, 0) is 26.0 Å². The second kappa shape index (κ2) is 8.59. The normalized spacial score (nSPS) is 11.0. The summed E-state index contributed by atoms with van der Waals surface area (Å²) in [4.78, 5) is 23.7. The number of anilines is 1. The zero-order valence-corrected chi connectivity index (χ0v) is 15.2. The Labute approximate surface area is 152 Å². The average molecular weight is 375 g/mol. The molecule has 0 aliphatic heterocycles. The van der Waals surface area contributed by atoms with Crippen molar-refractivity contribution in [3.63, 3.8) is 0 Å². The molecule has 0 radical (unpaired) electrons. The van der Waals surface area contributed by atoms with Crippen LogP contribution in [0.2, 0.25) is 0 Å². The lowest BCUT2D eigenvalue weighted by molar-refractivity contribution is -0.126. The van der Waals surface area contributed by atoms with E-state index in [1.54, 1.807) is 18.2 Å². The van der Waals surface area contributed by atoms with E-state index >= 15 is 0 Å². The molecule has 7 nitrogen and oxygen atoms in total. The molecule has 2 aromatic carbocycles. The molecule has 0 atom stereocenters. The van der Waals surface area contributed by atoms with Gasteiger partial charge in [0.05, 0.1) is 4.90 Å². The van der Waals surface area contributed by atoms with Gasteiger partial charge >= 0.3 is 0 Å². The SMILES string of the molecule is Cc1cccc(NC(=O)CC(=O)NCCc2ccc(S(N)(=O)=O)cc2)c1. The van der Waals surface area contributed by atoms with Crippen LogP contribution >= 0.6 is 0 Å². The van der Waals surface area contributed by atoms with Gasteiger partial charge in [-0.1, -0.05) is 24.3 Å². The number of carbonyl (C=O) groups excluding carboxylic acids is 2. The van der Waals surface area contributed by atoms with Crippen LogP contribution in [0, 0.1) is 6.92 Å². The molecule has 26 heavy (non-hydrogen) atoms. The Morgan fingerprint density at radius 2 is 1.73 bits per heavy atom. The van der Waals surface area contributed by atoms with Gasteiger partial charge in [-0.3, -0.25) is 9.59 Å². The summed E-state index contributed by atoms with van der Waals surface area (Å²) in [6, 6.07) is 13.4. The first-order chi connectivity index (χ1) is 12.2. The molecule has 0 unspecified atom stereocenters. The van der Waals surface area contributed by atoms with E-state index in [1.165, 1.54) is 12.1 Å². The van der Waals surface area contributed by atoms with Crippen LogP contribution in [0.1, 0.15) is 17.5 Å². The molecule has 0 aromatic heterocycles. The van der Waals surface area contributed by atoms with Crippen molar-refractivity contribution in [1.82, 2.24) is 5.32 Å². The number of hydrogen-bond donors (Lipinski definition) is 3. The number of hydrogen-bond acceptors (Lipinski definition) is 4. The molecule has 0 saturated carbocycles. The fourth-order valence-electron chi connectivity index (χ4n) is 2.33. The predicted molar refractivity (Wildman–Crippen MR) is 99.0 cm³/mol. The van der Waals surface area contributed by atoms with Crippen molar-refractivity contribution in [2.75, 3.05) is 11.9 Å². The summed E-state index contributed by atoms with van der Waals surface area (Å²) in [6.45, 7) is 2.25. The number of nitrogens with one attached hydrogen (secondary N) is 2. The van der Waals surface area contributed by atoms with Gasteiger partial charge < -0.3 is 10.6 Å². The maximum Gasteiger partial charge on any atom is 0.238 e. The Bertz CT molecular complexity index is 893. The minimum absolute atomic E-state index is 0.0399. The Balaban J connectivity index is 1.75. The first-order valence-electron chi connectivity index (χ1n) is 7.99. The van der Waals surface area contributed by atoms with Gasteiger partial charge in [0.15, 0.2) is 0 Å². The van der Waals surface area contributed by atoms with Crippen LogP contribution in [0.4, 0.5) is 5.69 Å². The quantitative estimate of drug-likeness (QED) is 0.633. The van der Waals surface area contributed by atoms with E-state index in [9.17, 15) is 18.0 Å². The van der Waals surface area contributed by atoms with Gasteiger partial charge in [-0.25, -0.2) is 13.6 Å². The van der Waals surface area contributed by atoms with Crippen LogP contribution in [0.3, 0.4) is 0 Å². The number of sulfonamides is 1. The van der Waals surface area contributed by atoms with Gasteiger partial charge in [0.2, 0.25) is 21.8 Å². The minimum Gasteiger partial charge on any atom is -0.355 e. The lowest BCUT2D eigenvalue weighted by Gasteiger charge is -2.07. The lowest BCUT2D eigenvalue weighted by Crippen LogP contribution is -2.29. The zero-order valence-electron chi connectivity index (χ0n) is 14.4. The van der Waals surface area contributed by atoms with Gasteiger partial charge in [0.25, 0.3) is 0 Å². The van der Waals surface area contributed by atoms with E-state index in [4.69, 9.17) is 5.14 Å². The molecule has 2 aromatic rings. The molecular weight excluding hydrogens is 354 g/mol. The van der Waals surface area contributed by atoms with E-state index < -0.39 is 10.0 Å². The topological polar surface area (TPSA) is 118 Å². The van der Waals surface area contributed by atoms with E-state index in [0.717, 1.165) is 11.1 Å². The standard InChI is InChI=1S/C18H21N3O4S/c1-13-3-2-4-15(11-13)21-18(23)12-17(22)20-10-9-14-5-7-16(8-6-14)26(19,24)25/h2-8,11H,9-10,12H2,1H3,(H,20,22)(H,21,23)(H2,19,24,25). The highest BCUT2D eigenvalue weighted by Crippen LogP contribution is 2.10. The van der Waals surface area contributed by atoms with Gasteiger partial charge in [0.1, 0.15) is 6.42 Å². The summed E-state index contributed by atoms with van der Waals surface area (Å²) < 4.78 is 22.4. The Hall–Kier alpha value is -2.71. The Morgan fingerprint density at radius 3 is 2.35 bits per heavy atom. The summed E-state index contributed by atoms with van der Waals surface area (Å²) in [5, 5.41) is 10.4. The Kier molecular flexibility index (Phi) is 6.48. The fraction of sp³-hybridized carbons (Fsp3) is 0.222. The van der Waals surface area contributed by atoms with E-state index in [1.807, 2.05) is 25.1 Å². The fourth-order valence-corrected chi connectivity index (χ4v) is 2.84. The monoisotopic (exact) mass is 375 g/mol. The average Bonchev–Trinajstić information content (AvgIpc) is 2.54. The van der Waals surface area contributed by atoms with Crippen LogP contribution in [0.5, 0.6) is 0 Å². The smallest absolute Gasteiger partial charge is 0.238 e. The maximum absolute atomic E-state index is 11.9. The third kappa shape index (κ3) is 6.30. The van der Waals surface area contributed by atoms with Crippen molar-refractivity contribution in [3.05, 3.63) is 59.7 Å². The predicted octanol–water partition coefficient (Wildman–Crippen LogP) is 1.33. The summed E-state index contributed by atoms with van der Waals surface area (Å²) in [5.41, 5.74) is 2.51. The first kappa shape index (κ1) is 19.6. The maximum atomic E-state index is 11.9. The molecule has 0 heterocycles. The van der Waals surface area contributed by atoms with Gasteiger partial charge in [-0.2, -0.15) is 0 Å². The van der Waals surface area contributed by atoms with Crippen LogP contribution in [-0.4, -0.2) is 26.8 Å². The van der Waals surface area contributed by atoms with Crippen molar-refractivity contribution in [3.8, 4) is 0 Å². The molecule has 138 valence electrons.